The van der Waals surface area contributed by atoms with Crippen LogP contribution in [0, 0.1) is 3.70 Å². The second kappa shape index (κ2) is 5.62. The zero-order valence-electron chi connectivity index (χ0n) is 8.85. The summed E-state index contributed by atoms with van der Waals surface area (Å²) in [6.45, 7) is 0. The first-order valence-electron chi connectivity index (χ1n) is 4.98. The van der Waals surface area contributed by atoms with Crippen LogP contribution in [-0.4, -0.2) is 11.0 Å². The third kappa shape index (κ3) is 3.70. The summed E-state index contributed by atoms with van der Waals surface area (Å²) in [4.78, 5) is 15.7. The number of amides is 2. The predicted octanol–water partition coefficient (Wildman–Crippen LogP) is 3.33. The number of carbonyl (C=O) groups is 1. The van der Waals surface area contributed by atoms with Gasteiger partial charge in [0.15, 0.2) is 0 Å². The quantitative estimate of drug-likeness (QED) is 0.651. The summed E-state index contributed by atoms with van der Waals surface area (Å²) in [6, 6.07) is 12.6. The number of halogens is 1. The Morgan fingerprint density at radius 1 is 1.06 bits per heavy atom. The topological polar surface area (TPSA) is 54.0 Å². The number of urea groups is 1. The molecule has 86 valence electrons. The van der Waals surface area contributed by atoms with Crippen molar-refractivity contribution in [3.63, 3.8) is 0 Å². The van der Waals surface area contributed by atoms with Crippen molar-refractivity contribution in [2.45, 2.75) is 0 Å². The highest BCUT2D eigenvalue weighted by atomic mass is 127. The molecule has 0 radical (unpaired) electrons. The molecule has 0 spiro atoms. The van der Waals surface area contributed by atoms with Crippen molar-refractivity contribution in [3.8, 4) is 0 Å². The molecule has 0 aliphatic heterocycles. The van der Waals surface area contributed by atoms with Gasteiger partial charge in [-0.15, -0.1) is 0 Å². The molecule has 5 heteroatoms. The molecule has 2 amide bonds. The molecular formula is C12H10IN3O. The Labute approximate surface area is 113 Å². The van der Waals surface area contributed by atoms with E-state index in [0.29, 0.717) is 0 Å². The van der Waals surface area contributed by atoms with Crippen LogP contribution in [0.2, 0.25) is 0 Å². The van der Waals surface area contributed by atoms with E-state index in [1.54, 1.807) is 18.3 Å². The van der Waals surface area contributed by atoms with E-state index in [-0.39, 0.29) is 6.03 Å². The number of carbonyl (C=O) groups excluding carboxylic acids is 1. The Hall–Kier alpha value is -1.63. The first kappa shape index (κ1) is 11.8. The molecule has 2 rings (SSSR count). The van der Waals surface area contributed by atoms with Crippen molar-refractivity contribution >= 4 is 40.0 Å². The number of anilines is 2. The number of pyridine rings is 1. The molecule has 0 aliphatic rings. The van der Waals surface area contributed by atoms with Gasteiger partial charge in [0.05, 0.1) is 0 Å². The van der Waals surface area contributed by atoms with Gasteiger partial charge < -0.3 is 10.6 Å². The molecule has 0 saturated carbocycles. The van der Waals surface area contributed by atoms with E-state index < -0.39 is 0 Å². The third-order valence-electron chi connectivity index (χ3n) is 2.02. The van der Waals surface area contributed by atoms with Gasteiger partial charge >= 0.3 is 6.03 Å². The summed E-state index contributed by atoms with van der Waals surface area (Å²) in [6.07, 6.45) is 1.65. The minimum absolute atomic E-state index is 0.266. The molecule has 0 bridgehead atoms. The van der Waals surface area contributed by atoms with E-state index in [4.69, 9.17) is 0 Å². The molecule has 0 saturated heterocycles. The molecule has 1 aromatic carbocycles. The van der Waals surface area contributed by atoms with E-state index in [2.05, 4.69) is 38.2 Å². The van der Waals surface area contributed by atoms with E-state index in [1.165, 1.54) is 0 Å². The number of hydrogen-bond donors (Lipinski definition) is 2. The summed E-state index contributed by atoms with van der Waals surface area (Å²) < 4.78 is 0.833. The lowest BCUT2D eigenvalue weighted by molar-refractivity contribution is 0.262. The fourth-order valence-corrected chi connectivity index (χ4v) is 1.79. The molecule has 0 atom stereocenters. The van der Waals surface area contributed by atoms with Crippen LogP contribution in [-0.2, 0) is 0 Å². The highest BCUT2D eigenvalue weighted by Gasteiger charge is 2.02. The number of nitrogens with zero attached hydrogens (tertiary/aromatic N) is 1. The molecule has 4 nitrogen and oxygen atoms in total. The summed E-state index contributed by atoms with van der Waals surface area (Å²) in [5.41, 5.74) is 1.48. The summed E-state index contributed by atoms with van der Waals surface area (Å²) in [7, 11) is 0. The molecule has 2 N–H and O–H groups in total. The molecule has 0 aliphatic carbocycles. The Bertz CT molecular complexity index is 516. The Morgan fingerprint density at radius 2 is 1.76 bits per heavy atom. The molecule has 1 aromatic heterocycles. The molecule has 1 heterocycles. The fourth-order valence-electron chi connectivity index (χ4n) is 1.30. The number of nitrogens with one attached hydrogen (secondary N) is 2. The second-order valence-corrected chi connectivity index (χ2v) is 4.42. The van der Waals surface area contributed by atoms with E-state index in [9.17, 15) is 4.79 Å². The lowest BCUT2D eigenvalue weighted by atomic mass is 10.3. The minimum atomic E-state index is -0.266. The molecule has 0 unspecified atom stereocenters. The highest BCUT2D eigenvalue weighted by molar-refractivity contribution is 14.1. The van der Waals surface area contributed by atoms with Gasteiger partial charge in [-0.1, -0.05) is 18.2 Å². The molecule has 0 fully saturated rings. The first-order valence-corrected chi connectivity index (χ1v) is 6.06. The predicted molar refractivity (Wildman–Crippen MR) is 76.0 cm³/mol. The largest absolute Gasteiger partial charge is 0.323 e. The van der Waals surface area contributed by atoms with Crippen LogP contribution >= 0.6 is 22.6 Å². The van der Waals surface area contributed by atoms with Gasteiger partial charge in [0.25, 0.3) is 0 Å². The lowest BCUT2D eigenvalue weighted by Gasteiger charge is -2.07. The maximum Gasteiger partial charge on any atom is 0.323 e. The van der Waals surface area contributed by atoms with Gasteiger partial charge in [-0.05, 0) is 46.9 Å². The Morgan fingerprint density at radius 3 is 2.47 bits per heavy atom. The van der Waals surface area contributed by atoms with Gasteiger partial charge in [0.1, 0.15) is 3.70 Å². The summed E-state index contributed by atoms with van der Waals surface area (Å²) in [5, 5.41) is 5.47. The van der Waals surface area contributed by atoms with E-state index in [1.807, 2.05) is 30.3 Å². The monoisotopic (exact) mass is 339 g/mol. The Balaban J connectivity index is 1.98. The van der Waals surface area contributed by atoms with Crippen molar-refractivity contribution in [1.29, 1.82) is 0 Å². The van der Waals surface area contributed by atoms with Gasteiger partial charge in [-0.3, -0.25) is 4.98 Å². The molecular weight excluding hydrogens is 329 g/mol. The van der Waals surface area contributed by atoms with Gasteiger partial charge in [-0.2, -0.15) is 0 Å². The summed E-state index contributed by atoms with van der Waals surface area (Å²) in [5.74, 6) is 0. The second-order valence-electron chi connectivity index (χ2n) is 3.31. The molecule has 2 aromatic rings. The zero-order valence-corrected chi connectivity index (χ0v) is 11.0. The average Bonchev–Trinajstić information content (AvgIpc) is 2.30. The summed E-state index contributed by atoms with van der Waals surface area (Å²) >= 11 is 2.09. The first-order chi connectivity index (χ1) is 8.24. The van der Waals surface area contributed by atoms with Crippen LogP contribution in [0.25, 0.3) is 0 Å². The third-order valence-corrected chi connectivity index (χ3v) is 2.61. The van der Waals surface area contributed by atoms with Crippen LogP contribution in [0.5, 0.6) is 0 Å². The van der Waals surface area contributed by atoms with E-state index in [0.717, 1.165) is 15.1 Å². The smallest absolute Gasteiger partial charge is 0.308 e. The average molecular weight is 339 g/mol. The number of hydrogen-bond acceptors (Lipinski definition) is 2. The van der Waals surface area contributed by atoms with Gasteiger partial charge in [0.2, 0.25) is 0 Å². The van der Waals surface area contributed by atoms with E-state index >= 15 is 0 Å². The lowest BCUT2D eigenvalue weighted by Crippen LogP contribution is -2.19. The minimum Gasteiger partial charge on any atom is -0.308 e. The number of aromatic nitrogens is 1. The van der Waals surface area contributed by atoms with Crippen molar-refractivity contribution in [3.05, 3.63) is 52.4 Å². The van der Waals surface area contributed by atoms with Crippen LogP contribution < -0.4 is 10.6 Å². The number of para-hydroxylation sites is 1. The maximum atomic E-state index is 11.6. The van der Waals surface area contributed by atoms with Gasteiger partial charge in [0, 0.05) is 17.6 Å². The van der Waals surface area contributed by atoms with Crippen molar-refractivity contribution in [2.24, 2.45) is 0 Å². The highest BCUT2D eigenvalue weighted by Crippen LogP contribution is 2.11. The van der Waals surface area contributed by atoms with Crippen LogP contribution in [0.3, 0.4) is 0 Å². The standard InChI is InChI=1S/C12H10IN3O/c13-11-8-10(6-7-14-11)16-12(17)15-9-4-2-1-3-5-9/h1-8H,(H2,14,15,16,17). The van der Waals surface area contributed by atoms with Crippen molar-refractivity contribution < 1.29 is 4.79 Å². The SMILES string of the molecule is O=C(Nc1ccccc1)Nc1ccnc(I)c1. The number of benzene rings is 1. The Kier molecular flexibility index (Phi) is 3.92. The van der Waals surface area contributed by atoms with Crippen molar-refractivity contribution in [1.82, 2.24) is 4.98 Å². The van der Waals surface area contributed by atoms with Crippen LogP contribution in [0.15, 0.2) is 48.7 Å². The zero-order chi connectivity index (χ0) is 12.1. The maximum absolute atomic E-state index is 11.6. The fraction of sp³-hybridized carbons (Fsp3) is 0. The van der Waals surface area contributed by atoms with Crippen molar-refractivity contribution in [2.75, 3.05) is 10.6 Å². The van der Waals surface area contributed by atoms with Crippen LogP contribution in [0.4, 0.5) is 16.2 Å². The van der Waals surface area contributed by atoms with Crippen LogP contribution in [0.1, 0.15) is 0 Å². The molecule has 17 heavy (non-hydrogen) atoms. The number of rotatable bonds is 2. The normalized spacial score (nSPS) is 9.71. The van der Waals surface area contributed by atoms with Gasteiger partial charge in [-0.25, -0.2) is 4.79 Å².